The Balaban J connectivity index is 2.46. The molecule has 0 aromatic heterocycles. The monoisotopic (exact) mass is 217 g/mol. The second-order valence-electron chi connectivity index (χ2n) is 5.20. The van der Waals surface area contributed by atoms with Gasteiger partial charge in [0.25, 0.3) is 5.69 Å². The van der Waals surface area contributed by atoms with Crippen LogP contribution in [0.1, 0.15) is 31.9 Å². The zero-order chi connectivity index (χ0) is 11.9. The smallest absolute Gasteiger partial charge is 0.258 e. The fraction of sp³-hybridized carbons (Fsp3) is 0.385. The second-order valence-corrected chi connectivity index (χ2v) is 5.20. The molecular formula is C13H15NO2. The Labute approximate surface area is 94.9 Å². The van der Waals surface area contributed by atoms with Crippen molar-refractivity contribution in [3.63, 3.8) is 0 Å². The number of allylic oxidation sites excluding steroid dienone is 1. The minimum Gasteiger partial charge on any atom is -0.258 e. The summed E-state index contributed by atoms with van der Waals surface area (Å²) in [6.07, 6.45) is 2.79. The van der Waals surface area contributed by atoms with Crippen molar-refractivity contribution < 1.29 is 4.92 Å². The summed E-state index contributed by atoms with van der Waals surface area (Å²) in [5, 5.41) is 10.9. The van der Waals surface area contributed by atoms with Crippen LogP contribution in [0.25, 0.3) is 6.08 Å². The summed E-state index contributed by atoms with van der Waals surface area (Å²) in [5.41, 5.74) is 3.44. The van der Waals surface area contributed by atoms with E-state index in [0.29, 0.717) is 6.42 Å². The zero-order valence-electron chi connectivity index (χ0n) is 9.78. The highest BCUT2D eigenvalue weighted by Crippen LogP contribution is 2.39. The lowest BCUT2D eigenvalue weighted by molar-refractivity contribution is -0.385. The molecule has 1 aliphatic rings. The van der Waals surface area contributed by atoms with Gasteiger partial charge in [0.1, 0.15) is 0 Å². The first-order chi connectivity index (χ1) is 7.39. The van der Waals surface area contributed by atoms with Crippen LogP contribution in [-0.2, 0) is 6.42 Å². The molecule has 3 nitrogen and oxygen atoms in total. The van der Waals surface area contributed by atoms with Crippen LogP contribution < -0.4 is 0 Å². The predicted octanol–water partition coefficient (Wildman–Crippen LogP) is 3.58. The van der Waals surface area contributed by atoms with E-state index >= 15 is 0 Å². The Morgan fingerprint density at radius 2 is 2.00 bits per heavy atom. The average Bonchev–Trinajstić information content (AvgIpc) is 2.59. The third-order valence-electron chi connectivity index (χ3n) is 3.04. The van der Waals surface area contributed by atoms with Crippen molar-refractivity contribution in [2.24, 2.45) is 5.41 Å². The van der Waals surface area contributed by atoms with E-state index in [9.17, 15) is 10.1 Å². The maximum absolute atomic E-state index is 10.9. The molecule has 0 amide bonds. The first-order valence-electron chi connectivity index (χ1n) is 5.37. The molecule has 0 radical (unpaired) electrons. The van der Waals surface area contributed by atoms with Crippen LogP contribution >= 0.6 is 0 Å². The molecule has 0 heterocycles. The minimum absolute atomic E-state index is 0.0763. The van der Waals surface area contributed by atoms with Crippen molar-refractivity contribution >= 4 is 11.8 Å². The minimum atomic E-state index is -0.293. The van der Waals surface area contributed by atoms with Gasteiger partial charge in [-0.25, -0.2) is 0 Å². The number of nitro benzene ring substituents is 1. The van der Waals surface area contributed by atoms with Crippen molar-refractivity contribution in [2.45, 2.75) is 27.2 Å². The van der Waals surface area contributed by atoms with E-state index < -0.39 is 0 Å². The lowest BCUT2D eigenvalue weighted by Crippen LogP contribution is -2.09. The molecule has 0 aliphatic heterocycles. The van der Waals surface area contributed by atoms with Crippen molar-refractivity contribution in [1.82, 2.24) is 0 Å². The Hall–Kier alpha value is -1.64. The first kappa shape index (κ1) is 10.9. The fourth-order valence-corrected chi connectivity index (χ4v) is 2.00. The number of nitrogens with zero attached hydrogens (tertiary/aromatic N) is 1. The van der Waals surface area contributed by atoms with Gasteiger partial charge >= 0.3 is 0 Å². The summed E-state index contributed by atoms with van der Waals surface area (Å²) >= 11 is 0. The van der Waals surface area contributed by atoms with Crippen molar-refractivity contribution in [3.8, 4) is 0 Å². The molecule has 1 aromatic carbocycles. The van der Waals surface area contributed by atoms with Gasteiger partial charge in [-0.1, -0.05) is 44.6 Å². The van der Waals surface area contributed by atoms with Crippen LogP contribution in [0.4, 0.5) is 5.69 Å². The molecule has 0 saturated carbocycles. The van der Waals surface area contributed by atoms with Gasteiger partial charge in [0.15, 0.2) is 0 Å². The van der Waals surface area contributed by atoms with Gasteiger partial charge in [-0.3, -0.25) is 10.1 Å². The molecule has 0 unspecified atom stereocenters. The number of fused-ring (bicyclic) bond motifs is 1. The fourth-order valence-electron chi connectivity index (χ4n) is 2.00. The van der Waals surface area contributed by atoms with Gasteiger partial charge in [-0.2, -0.15) is 0 Å². The number of hydrogen-bond acceptors (Lipinski definition) is 2. The molecule has 84 valence electrons. The van der Waals surface area contributed by atoms with E-state index in [0.717, 1.165) is 11.1 Å². The van der Waals surface area contributed by atoms with E-state index in [1.165, 1.54) is 5.57 Å². The molecule has 0 bridgehead atoms. The molecule has 0 fully saturated rings. The molecule has 16 heavy (non-hydrogen) atoms. The van der Waals surface area contributed by atoms with Crippen LogP contribution in [0.5, 0.6) is 0 Å². The standard InChI is InChI=1S/C13H15NO2/c1-13(2,3)10-7-9-5-4-6-12(14(15)16)11(9)8-10/h4-7H,8H2,1-3H3. The lowest BCUT2D eigenvalue weighted by atomic mass is 9.85. The predicted molar refractivity (Wildman–Crippen MR) is 64.2 cm³/mol. The SMILES string of the molecule is CC(C)(C)C1=Cc2cccc([N+](=O)[O-])c2C1. The van der Waals surface area contributed by atoms with E-state index in [2.05, 4.69) is 26.8 Å². The highest BCUT2D eigenvalue weighted by atomic mass is 16.6. The van der Waals surface area contributed by atoms with E-state index in [-0.39, 0.29) is 16.0 Å². The Kier molecular flexibility index (Phi) is 2.34. The molecule has 0 N–H and O–H groups in total. The quantitative estimate of drug-likeness (QED) is 0.533. The van der Waals surface area contributed by atoms with E-state index in [1.54, 1.807) is 12.1 Å². The molecular weight excluding hydrogens is 202 g/mol. The highest BCUT2D eigenvalue weighted by molar-refractivity contribution is 5.69. The maximum atomic E-state index is 10.9. The molecule has 3 heteroatoms. The van der Waals surface area contributed by atoms with E-state index in [4.69, 9.17) is 0 Å². The largest absolute Gasteiger partial charge is 0.273 e. The number of rotatable bonds is 1. The molecule has 2 rings (SSSR count). The van der Waals surface area contributed by atoms with Crippen LogP contribution in [0.2, 0.25) is 0 Å². The molecule has 1 aromatic rings. The first-order valence-corrected chi connectivity index (χ1v) is 5.37. The molecule has 0 saturated heterocycles. The third-order valence-corrected chi connectivity index (χ3v) is 3.04. The van der Waals surface area contributed by atoms with Crippen LogP contribution in [0, 0.1) is 15.5 Å². The Morgan fingerprint density at radius 3 is 2.56 bits per heavy atom. The van der Waals surface area contributed by atoms with Crippen LogP contribution in [0.15, 0.2) is 23.8 Å². The summed E-state index contributed by atoms with van der Waals surface area (Å²) in [7, 11) is 0. The van der Waals surface area contributed by atoms with Crippen LogP contribution in [0.3, 0.4) is 0 Å². The topological polar surface area (TPSA) is 43.1 Å². The van der Waals surface area contributed by atoms with Gasteiger partial charge in [0.2, 0.25) is 0 Å². The normalized spacial score (nSPS) is 14.6. The Bertz CT molecular complexity index is 481. The summed E-state index contributed by atoms with van der Waals surface area (Å²) in [4.78, 5) is 10.6. The number of hydrogen-bond donors (Lipinski definition) is 0. The average molecular weight is 217 g/mol. The summed E-state index contributed by atoms with van der Waals surface area (Å²) in [5.74, 6) is 0. The third kappa shape index (κ3) is 1.73. The van der Waals surface area contributed by atoms with Crippen molar-refractivity contribution in [1.29, 1.82) is 0 Å². The molecule has 1 aliphatic carbocycles. The maximum Gasteiger partial charge on any atom is 0.273 e. The molecule has 0 spiro atoms. The van der Waals surface area contributed by atoms with Crippen molar-refractivity contribution in [3.05, 3.63) is 45.0 Å². The van der Waals surface area contributed by atoms with Gasteiger partial charge in [0, 0.05) is 18.1 Å². The Morgan fingerprint density at radius 1 is 1.31 bits per heavy atom. The highest BCUT2D eigenvalue weighted by Gasteiger charge is 2.27. The zero-order valence-corrected chi connectivity index (χ0v) is 9.78. The summed E-state index contributed by atoms with van der Waals surface area (Å²) in [6, 6.07) is 5.28. The summed E-state index contributed by atoms with van der Waals surface area (Å²) < 4.78 is 0. The van der Waals surface area contributed by atoms with Crippen molar-refractivity contribution in [2.75, 3.05) is 0 Å². The number of nitro groups is 1. The van der Waals surface area contributed by atoms with Gasteiger partial charge in [0.05, 0.1) is 4.92 Å². The van der Waals surface area contributed by atoms with E-state index in [1.807, 2.05) is 6.07 Å². The number of benzene rings is 1. The van der Waals surface area contributed by atoms with Gasteiger partial charge < -0.3 is 0 Å². The second kappa shape index (κ2) is 3.44. The lowest BCUT2D eigenvalue weighted by Gasteiger charge is -2.19. The van der Waals surface area contributed by atoms with Gasteiger partial charge in [-0.15, -0.1) is 0 Å². The molecule has 0 atom stereocenters. The summed E-state index contributed by atoms with van der Waals surface area (Å²) in [6.45, 7) is 6.41. The van der Waals surface area contributed by atoms with Gasteiger partial charge in [-0.05, 0) is 11.0 Å². The van der Waals surface area contributed by atoms with Crippen LogP contribution in [-0.4, -0.2) is 4.92 Å².